The van der Waals surface area contributed by atoms with E-state index in [0.29, 0.717) is 0 Å². The molecule has 4 rings (SSSR count). The Kier molecular flexibility index (Phi) is 2.14. The second-order valence-electron chi connectivity index (χ2n) is 6.76. The number of piperidine rings is 1. The van der Waals surface area contributed by atoms with E-state index in [1.54, 1.807) is 19.3 Å². The van der Waals surface area contributed by atoms with E-state index in [-0.39, 0.29) is 0 Å². The van der Waals surface area contributed by atoms with Gasteiger partial charge >= 0.3 is 0 Å². The zero-order valence-electron chi connectivity index (χ0n) is 10.4. The number of hydrogen-bond donors (Lipinski definition) is 1. The molecule has 0 spiro atoms. The molecule has 0 amide bonds. The van der Waals surface area contributed by atoms with Gasteiger partial charge in [-0.15, -0.1) is 0 Å². The molecular formula is C14H24N2. The van der Waals surface area contributed by atoms with Crippen molar-refractivity contribution in [3.8, 4) is 0 Å². The molecule has 0 aromatic heterocycles. The van der Waals surface area contributed by atoms with Crippen molar-refractivity contribution in [1.82, 2.24) is 10.2 Å². The van der Waals surface area contributed by atoms with Crippen molar-refractivity contribution >= 4 is 0 Å². The van der Waals surface area contributed by atoms with E-state index in [4.69, 9.17) is 0 Å². The summed E-state index contributed by atoms with van der Waals surface area (Å²) in [6.45, 7) is 2.60. The van der Waals surface area contributed by atoms with Gasteiger partial charge in [0.25, 0.3) is 0 Å². The van der Waals surface area contributed by atoms with Gasteiger partial charge in [-0.25, -0.2) is 0 Å². The summed E-state index contributed by atoms with van der Waals surface area (Å²) in [6, 6.07) is 1.78. The van der Waals surface area contributed by atoms with Crippen LogP contribution in [-0.4, -0.2) is 37.1 Å². The monoisotopic (exact) mass is 220 g/mol. The normalized spacial score (nSPS) is 51.9. The summed E-state index contributed by atoms with van der Waals surface area (Å²) in [5, 5.41) is 3.99. The van der Waals surface area contributed by atoms with Crippen LogP contribution < -0.4 is 5.32 Å². The predicted molar refractivity (Wildman–Crippen MR) is 65.3 cm³/mol. The molecule has 0 radical (unpaired) electrons. The molecule has 1 aliphatic heterocycles. The van der Waals surface area contributed by atoms with Crippen LogP contribution in [0.15, 0.2) is 0 Å². The van der Waals surface area contributed by atoms with Crippen LogP contribution in [0.3, 0.4) is 0 Å². The summed E-state index contributed by atoms with van der Waals surface area (Å²) < 4.78 is 0. The lowest BCUT2D eigenvalue weighted by Gasteiger charge is -2.30. The van der Waals surface area contributed by atoms with Crippen molar-refractivity contribution in [2.75, 3.05) is 20.1 Å². The van der Waals surface area contributed by atoms with Crippen LogP contribution in [0.25, 0.3) is 0 Å². The lowest BCUT2D eigenvalue weighted by molar-refractivity contribution is 0.228. The first-order chi connectivity index (χ1) is 7.83. The predicted octanol–water partition coefficient (Wildman–Crippen LogP) is 1.71. The van der Waals surface area contributed by atoms with Crippen LogP contribution >= 0.6 is 0 Å². The summed E-state index contributed by atoms with van der Waals surface area (Å²) >= 11 is 0. The van der Waals surface area contributed by atoms with E-state index in [2.05, 4.69) is 17.3 Å². The molecule has 0 aromatic carbocycles. The van der Waals surface area contributed by atoms with Crippen molar-refractivity contribution in [3.05, 3.63) is 0 Å². The molecular weight excluding hydrogens is 196 g/mol. The Bertz CT molecular complexity index is 266. The Morgan fingerprint density at radius 2 is 1.56 bits per heavy atom. The fraction of sp³-hybridized carbons (Fsp3) is 1.00. The molecule has 90 valence electrons. The van der Waals surface area contributed by atoms with Crippen LogP contribution in [0.2, 0.25) is 0 Å². The molecule has 1 saturated heterocycles. The minimum absolute atomic E-state index is 0.839. The van der Waals surface area contributed by atoms with Crippen LogP contribution in [-0.2, 0) is 0 Å². The zero-order valence-corrected chi connectivity index (χ0v) is 10.4. The van der Waals surface area contributed by atoms with Gasteiger partial charge in [0.2, 0.25) is 0 Å². The molecule has 4 fully saturated rings. The van der Waals surface area contributed by atoms with Gasteiger partial charge in [0, 0.05) is 12.1 Å². The van der Waals surface area contributed by atoms with Crippen molar-refractivity contribution in [1.29, 1.82) is 0 Å². The molecule has 2 bridgehead atoms. The summed E-state index contributed by atoms with van der Waals surface area (Å²) in [6.07, 6.45) is 7.44. The standard InChI is InChI=1S/C14H24N2/c1-16-6-4-11(5-7-16)15-14-12-9-2-3-10(8-9)13(12)14/h9-15H,2-8H2,1H3. The second-order valence-corrected chi connectivity index (χ2v) is 6.76. The third-order valence-electron chi connectivity index (χ3n) is 5.88. The van der Waals surface area contributed by atoms with E-state index >= 15 is 0 Å². The highest BCUT2D eigenvalue weighted by atomic mass is 15.1. The Morgan fingerprint density at radius 3 is 2.19 bits per heavy atom. The summed E-state index contributed by atoms with van der Waals surface area (Å²) in [5.41, 5.74) is 0. The second kappa shape index (κ2) is 3.46. The number of nitrogens with zero attached hydrogens (tertiary/aromatic N) is 1. The van der Waals surface area contributed by atoms with Gasteiger partial charge in [0.15, 0.2) is 0 Å². The van der Waals surface area contributed by atoms with Gasteiger partial charge in [-0.2, -0.15) is 0 Å². The maximum absolute atomic E-state index is 3.99. The fourth-order valence-corrected chi connectivity index (χ4v) is 5.00. The van der Waals surface area contributed by atoms with E-state index in [0.717, 1.165) is 35.8 Å². The highest BCUT2D eigenvalue weighted by molar-refractivity contribution is 5.17. The number of fused-ring (bicyclic) bond motifs is 5. The molecule has 4 unspecified atom stereocenters. The Labute approximate surface area is 98.8 Å². The van der Waals surface area contributed by atoms with Crippen LogP contribution in [0.1, 0.15) is 32.1 Å². The van der Waals surface area contributed by atoms with Gasteiger partial charge in [0.05, 0.1) is 0 Å². The van der Waals surface area contributed by atoms with Crippen molar-refractivity contribution in [2.45, 2.75) is 44.2 Å². The number of likely N-dealkylation sites (tertiary alicyclic amines) is 1. The molecule has 2 nitrogen and oxygen atoms in total. The average Bonchev–Trinajstić information content (AvgIpc) is 2.72. The minimum Gasteiger partial charge on any atom is -0.311 e. The molecule has 1 N–H and O–H groups in total. The molecule has 4 atom stereocenters. The molecule has 3 saturated carbocycles. The topological polar surface area (TPSA) is 15.3 Å². The zero-order chi connectivity index (χ0) is 10.7. The first kappa shape index (κ1) is 9.90. The molecule has 1 heterocycles. The van der Waals surface area contributed by atoms with Crippen LogP contribution in [0.4, 0.5) is 0 Å². The molecule has 16 heavy (non-hydrogen) atoms. The SMILES string of the molecule is CN1CCC(NC2C3C4CCC(C4)C23)CC1. The molecule has 2 heteroatoms. The smallest absolute Gasteiger partial charge is 0.0138 e. The van der Waals surface area contributed by atoms with Crippen molar-refractivity contribution in [2.24, 2.45) is 23.7 Å². The molecule has 3 aliphatic carbocycles. The first-order valence-corrected chi connectivity index (χ1v) is 7.27. The van der Waals surface area contributed by atoms with Crippen LogP contribution in [0.5, 0.6) is 0 Å². The third kappa shape index (κ3) is 1.39. The van der Waals surface area contributed by atoms with Gasteiger partial charge in [-0.1, -0.05) is 0 Å². The van der Waals surface area contributed by atoms with Crippen LogP contribution in [0, 0.1) is 23.7 Å². The van der Waals surface area contributed by atoms with E-state index in [1.807, 2.05) is 0 Å². The van der Waals surface area contributed by atoms with Gasteiger partial charge in [-0.05, 0) is 75.9 Å². The average molecular weight is 220 g/mol. The quantitative estimate of drug-likeness (QED) is 0.762. The molecule has 4 aliphatic rings. The van der Waals surface area contributed by atoms with Crippen molar-refractivity contribution in [3.63, 3.8) is 0 Å². The Balaban J connectivity index is 1.34. The fourth-order valence-electron chi connectivity index (χ4n) is 5.00. The van der Waals surface area contributed by atoms with Gasteiger partial charge in [0.1, 0.15) is 0 Å². The maximum Gasteiger partial charge on any atom is 0.0138 e. The van der Waals surface area contributed by atoms with Crippen molar-refractivity contribution < 1.29 is 0 Å². The Morgan fingerprint density at radius 1 is 0.938 bits per heavy atom. The largest absolute Gasteiger partial charge is 0.311 e. The summed E-state index contributed by atoms with van der Waals surface area (Å²) in [4.78, 5) is 2.47. The lowest BCUT2D eigenvalue weighted by atomic mass is 10.0. The third-order valence-corrected chi connectivity index (χ3v) is 5.88. The highest BCUT2D eigenvalue weighted by Crippen LogP contribution is 2.65. The number of rotatable bonds is 2. The van der Waals surface area contributed by atoms with E-state index in [1.165, 1.54) is 25.9 Å². The van der Waals surface area contributed by atoms with Gasteiger partial charge in [-0.3, -0.25) is 0 Å². The first-order valence-electron chi connectivity index (χ1n) is 7.27. The number of hydrogen-bond acceptors (Lipinski definition) is 2. The number of nitrogens with one attached hydrogen (secondary N) is 1. The summed E-state index contributed by atoms with van der Waals surface area (Å²) in [5.74, 6) is 4.47. The highest BCUT2D eigenvalue weighted by Gasteiger charge is 2.64. The van der Waals surface area contributed by atoms with E-state index in [9.17, 15) is 0 Å². The van der Waals surface area contributed by atoms with E-state index < -0.39 is 0 Å². The lowest BCUT2D eigenvalue weighted by Crippen LogP contribution is -2.43. The Hall–Kier alpha value is -0.0800. The summed E-state index contributed by atoms with van der Waals surface area (Å²) in [7, 11) is 2.25. The van der Waals surface area contributed by atoms with Gasteiger partial charge < -0.3 is 10.2 Å². The minimum atomic E-state index is 0.839. The molecule has 0 aromatic rings. The maximum atomic E-state index is 3.99.